The number of methoxy groups -OCH3 is 3. The van der Waals surface area contributed by atoms with Crippen LogP contribution in [0.2, 0.25) is 0 Å². The number of aromatic nitrogens is 3. The quantitative estimate of drug-likeness (QED) is 0.275. The average molecular weight is 585 g/mol. The molecule has 0 unspecified atom stereocenters. The van der Waals surface area contributed by atoms with E-state index in [4.69, 9.17) is 23.8 Å². The fourth-order valence-corrected chi connectivity index (χ4v) is 4.96. The molecule has 0 amide bonds. The lowest BCUT2D eigenvalue weighted by atomic mass is 9.99. The van der Waals surface area contributed by atoms with Gasteiger partial charge in [-0.3, -0.25) is 0 Å². The Labute approximate surface area is 228 Å². The first-order valence-electron chi connectivity index (χ1n) is 11.9. The average Bonchev–Trinajstić information content (AvgIpc) is 3.43. The predicted molar refractivity (Wildman–Crippen MR) is 135 cm³/mol. The van der Waals surface area contributed by atoms with Crippen molar-refractivity contribution in [2.24, 2.45) is 5.16 Å². The molecular weight excluding hydrogens is 557 g/mol. The van der Waals surface area contributed by atoms with Gasteiger partial charge in [-0.15, -0.1) is 5.10 Å². The van der Waals surface area contributed by atoms with Crippen LogP contribution < -0.4 is 0 Å². The van der Waals surface area contributed by atoms with Gasteiger partial charge in [0.15, 0.2) is 11.9 Å². The number of alkyl halides is 3. The summed E-state index contributed by atoms with van der Waals surface area (Å²) in [7, 11) is -0.789. The van der Waals surface area contributed by atoms with E-state index in [2.05, 4.69) is 15.2 Å². The van der Waals surface area contributed by atoms with Crippen molar-refractivity contribution in [1.29, 1.82) is 0 Å². The van der Waals surface area contributed by atoms with Crippen molar-refractivity contribution in [3.05, 3.63) is 60.4 Å². The summed E-state index contributed by atoms with van der Waals surface area (Å²) in [6.45, 7) is 1.84. The standard InChI is InChI=1S/C25H27F3N4O7S/c1-15-20(35-2)21(36-3)22(37-4)24(38-15)39-30-13-16-5-7-17(8-6-16)23-29-14-32(31-23)18-9-11-19(12-10-18)40(33,34)25(26,27)28/h5-15,20-22,24H,1-4H3/b30-13+/t15-,20-,21+,22+,24-/m0/s1. The topological polar surface area (TPSA) is 123 Å². The summed E-state index contributed by atoms with van der Waals surface area (Å²) >= 11 is 0. The monoisotopic (exact) mass is 584 g/mol. The second-order valence-electron chi connectivity index (χ2n) is 8.73. The third-order valence-corrected chi connectivity index (χ3v) is 7.79. The van der Waals surface area contributed by atoms with Crippen LogP contribution in [-0.2, 0) is 33.6 Å². The minimum Gasteiger partial charge on any atom is -0.376 e. The molecule has 5 atom stereocenters. The number of hydrogen-bond acceptors (Lipinski definition) is 10. The lowest BCUT2D eigenvalue weighted by molar-refractivity contribution is -0.305. The predicted octanol–water partition coefficient (Wildman–Crippen LogP) is 3.37. The molecule has 1 saturated heterocycles. The molecule has 4 rings (SSSR count). The zero-order chi connectivity index (χ0) is 29.1. The Hall–Kier alpha value is -3.37. The number of nitrogens with zero attached hydrogens (tertiary/aromatic N) is 4. The lowest BCUT2D eigenvalue weighted by Gasteiger charge is -2.42. The molecule has 1 fully saturated rings. The maximum Gasteiger partial charge on any atom is 0.501 e. The molecule has 1 aliphatic heterocycles. The van der Waals surface area contributed by atoms with E-state index in [1.54, 1.807) is 38.5 Å². The van der Waals surface area contributed by atoms with Crippen LogP contribution in [-0.4, -0.2) is 86.9 Å². The van der Waals surface area contributed by atoms with Gasteiger partial charge in [0.1, 0.15) is 18.5 Å². The lowest BCUT2D eigenvalue weighted by Crippen LogP contribution is -2.59. The Balaban J connectivity index is 1.41. The molecular formula is C25H27F3N4O7S. The summed E-state index contributed by atoms with van der Waals surface area (Å²) < 4.78 is 85.1. The first-order valence-corrected chi connectivity index (χ1v) is 13.4. The van der Waals surface area contributed by atoms with Crippen LogP contribution in [0.15, 0.2) is 64.9 Å². The molecule has 11 nitrogen and oxygen atoms in total. The van der Waals surface area contributed by atoms with Crippen molar-refractivity contribution in [3.8, 4) is 17.1 Å². The molecule has 0 spiro atoms. The number of ether oxygens (including phenoxy) is 4. The second-order valence-corrected chi connectivity index (χ2v) is 10.7. The first-order chi connectivity index (χ1) is 19.0. The van der Waals surface area contributed by atoms with Crippen LogP contribution in [0.5, 0.6) is 0 Å². The van der Waals surface area contributed by atoms with E-state index in [-0.39, 0.29) is 12.2 Å². The first kappa shape index (κ1) is 29.6. The highest BCUT2D eigenvalue weighted by molar-refractivity contribution is 7.92. The number of hydrogen-bond donors (Lipinski definition) is 0. The van der Waals surface area contributed by atoms with Crippen LogP contribution in [0, 0.1) is 0 Å². The molecule has 40 heavy (non-hydrogen) atoms. The number of halogens is 3. The molecule has 2 heterocycles. The van der Waals surface area contributed by atoms with Crippen LogP contribution >= 0.6 is 0 Å². The SMILES string of the molecule is CO[C@@H]1[C@@H](OC)[C@H](C)O[C@@H](O/N=C/c2ccc(-c3ncn(-c4ccc(S(=O)(=O)C(F)(F)F)cc4)n3)cc2)[C@@H]1OC. The van der Waals surface area contributed by atoms with Crippen molar-refractivity contribution in [1.82, 2.24) is 14.8 Å². The van der Waals surface area contributed by atoms with Gasteiger partial charge in [-0.1, -0.05) is 29.4 Å². The van der Waals surface area contributed by atoms with E-state index in [9.17, 15) is 21.6 Å². The van der Waals surface area contributed by atoms with Crippen LogP contribution in [0.1, 0.15) is 12.5 Å². The van der Waals surface area contributed by atoms with Crippen molar-refractivity contribution in [2.75, 3.05) is 21.3 Å². The molecule has 15 heteroatoms. The third kappa shape index (κ3) is 6.02. The molecule has 1 aliphatic rings. The number of sulfone groups is 1. The third-order valence-electron chi connectivity index (χ3n) is 6.29. The second kappa shape index (κ2) is 12.0. The Kier molecular flexibility index (Phi) is 8.90. The molecule has 3 aromatic rings. The van der Waals surface area contributed by atoms with Gasteiger partial charge in [-0.05, 0) is 36.8 Å². The van der Waals surface area contributed by atoms with Crippen molar-refractivity contribution in [3.63, 3.8) is 0 Å². The Morgan fingerprint density at radius 3 is 2.15 bits per heavy atom. The Morgan fingerprint density at radius 2 is 1.57 bits per heavy atom. The zero-order valence-electron chi connectivity index (χ0n) is 21.8. The van der Waals surface area contributed by atoms with E-state index < -0.39 is 38.7 Å². The van der Waals surface area contributed by atoms with Gasteiger partial charge >= 0.3 is 5.51 Å². The smallest absolute Gasteiger partial charge is 0.376 e. The normalized spacial score (nSPS) is 23.9. The van der Waals surface area contributed by atoms with E-state index in [1.165, 1.54) is 36.5 Å². The minimum absolute atomic E-state index is 0.320. The maximum atomic E-state index is 12.8. The maximum absolute atomic E-state index is 12.8. The molecule has 216 valence electrons. The fourth-order valence-electron chi connectivity index (χ4n) is 4.20. The van der Waals surface area contributed by atoms with Gasteiger partial charge in [0, 0.05) is 26.9 Å². The molecule has 0 aliphatic carbocycles. The minimum atomic E-state index is -5.43. The van der Waals surface area contributed by atoms with Gasteiger partial charge in [0.25, 0.3) is 16.1 Å². The van der Waals surface area contributed by atoms with Crippen molar-refractivity contribution in [2.45, 2.75) is 48.0 Å². The zero-order valence-corrected chi connectivity index (χ0v) is 22.7. The van der Waals surface area contributed by atoms with E-state index in [0.29, 0.717) is 22.6 Å². The molecule has 0 N–H and O–H groups in total. The molecule has 1 aromatic heterocycles. The summed E-state index contributed by atoms with van der Waals surface area (Å²) in [5.41, 5.74) is -3.68. The van der Waals surface area contributed by atoms with Crippen LogP contribution in [0.4, 0.5) is 13.2 Å². The Morgan fingerprint density at radius 1 is 0.950 bits per heavy atom. The van der Waals surface area contributed by atoms with Gasteiger partial charge in [-0.2, -0.15) is 13.2 Å². The van der Waals surface area contributed by atoms with Crippen molar-refractivity contribution >= 4 is 16.1 Å². The van der Waals surface area contributed by atoms with E-state index in [0.717, 1.165) is 12.1 Å². The fraction of sp³-hybridized carbons (Fsp3) is 0.400. The highest BCUT2D eigenvalue weighted by Crippen LogP contribution is 2.31. The van der Waals surface area contributed by atoms with Gasteiger partial charge in [-0.25, -0.2) is 18.1 Å². The summed E-state index contributed by atoms with van der Waals surface area (Å²) in [5, 5.41) is 8.35. The van der Waals surface area contributed by atoms with Crippen molar-refractivity contribution < 1.29 is 45.4 Å². The van der Waals surface area contributed by atoms with Crippen LogP contribution in [0.3, 0.4) is 0 Å². The summed E-state index contributed by atoms with van der Waals surface area (Å²) in [5.74, 6) is 0.345. The number of rotatable bonds is 9. The molecule has 2 aromatic carbocycles. The van der Waals surface area contributed by atoms with Crippen LogP contribution in [0.25, 0.3) is 17.1 Å². The molecule has 0 radical (unpaired) electrons. The Bertz CT molecular complexity index is 1410. The van der Waals surface area contributed by atoms with E-state index >= 15 is 0 Å². The summed E-state index contributed by atoms with van der Waals surface area (Å²) in [6, 6.07) is 11.2. The largest absolute Gasteiger partial charge is 0.501 e. The van der Waals surface area contributed by atoms with Gasteiger partial charge in [0.2, 0.25) is 0 Å². The number of benzene rings is 2. The van der Waals surface area contributed by atoms with Gasteiger partial charge < -0.3 is 23.8 Å². The summed E-state index contributed by atoms with van der Waals surface area (Å²) in [6.07, 6.45) is 0.394. The van der Waals surface area contributed by atoms with Gasteiger partial charge in [0.05, 0.1) is 22.9 Å². The highest BCUT2D eigenvalue weighted by atomic mass is 32.2. The highest BCUT2D eigenvalue weighted by Gasteiger charge is 2.47. The number of oxime groups is 1. The molecule has 0 bridgehead atoms. The van der Waals surface area contributed by atoms with E-state index in [1.807, 2.05) is 6.92 Å². The molecule has 0 saturated carbocycles. The summed E-state index contributed by atoms with van der Waals surface area (Å²) in [4.78, 5) is 8.93.